The van der Waals surface area contributed by atoms with Gasteiger partial charge >= 0.3 is 6.09 Å². The van der Waals surface area contributed by atoms with E-state index in [0.29, 0.717) is 4.31 Å². The van der Waals surface area contributed by atoms with Gasteiger partial charge in [0.2, 0.25) is 10.0 Å². The number of amides is 1. The van der Waals surface area contributed by atoms with E-state index in [-0.39, 0.29) is 11.4 Å². The smallest absolute Gasteiger partial charge is 0.425 e. The number of anilines is 1. The Morgan fingerprint density at radius 3 is 2.27 bits per heavy atom. The lowest BCUT2D eigenvalue weighted by atomic mass is 10.3. The highest BCUT2D eigenvalue weighted by molar-refractivity contribution is 7.93. The van der Waals surface area contributed by atoms with Crippen molar-refractivity contribution in [3.63, 3.8) is 0 Å². The standard InChI is InChI=1S/C9H11NO4S/c1-2-15(13,14)10(9(11)12)8-6-4-3-5-7-8/h3-7H,2H2,1H3,(H,11,12). The SMILES string of the molecule is CCS(=O)(=O)N(C(=O)O)c1ccccc1. The van der Waals surface area contributed by atoms with E-state index in [0.717, 1.165) is 0 Å². The Kier molecular flexibility index (Phi) is 3.31. The molecule has 5 nitrogen and oxygen atoms in total. The van der Waals surface area contributed by atoms with E-state index in [1.54, 1.807) is 18.2 Å². The van der Waals surface area contributed by atoms with E-state index in [4.69, 9.17) is 5.11 Å². The van der Waals surface area contributed by atoms with E-state index in [9.17, 15) is 13.2 Å². The van der Waals surface area contributed by atoms with Crippen LogP contribution in [0, 0.1) is 0 Å². The molecule has 1 rings (SSSR count). The molecule has 0 heterocycles. The highest BCUT2D eigenvalue weighted by Crippen LogP contribution is 2.17. The Bertz CT molecular complexity index is 440. The lowest BCUT2D eigenvalue weighted by Gasteiger charge is -2.17. The average molecular weight is 229 g/mol. The monoisotopic (exact) mass is 229 g/mol. The summed E-state index contributed by atoms with van der Waals surface area (Å²) < 4.78 is 23.4. The van der Waals surface area contributed by atoms with Crippen molar-refractivity contribution in [1.82, 2.24) is 0 Å². The Balaban J connectivity index is 3.23. The molecule has 6 heteroatoms. The second-order valence-electron chi connectivity index (χ2n) is 2.78. The van der Waals surface area contributed by atoms with Gasteiger partial charge in [-0.3, -0.25) is 0 Å². The van der Waals surface area contributed by atoms with E-state index in [1.807, 2.05) is 0 Å². The third-order valence-corrected chi connectivity index (χ3v) is 3.46. The van der Waals surface area contributed by atoms with Crippen molar-refractivity contribution in [3.8, 4) is 0 Å². The quantitative estimate of drug-likeness (QED) is 0.852. The molecule has 0 radical (unpaired) electrons. The minimum Gasteiger partial charge on any atom is -0.464 e. The number of sulfonamides is 1. The van der Waals surface area contributed by atoms with Gasteiger partial charge in [-0.15, -0.1) is 0 Å². The molecule has 1 aromatic rings. The molecule has 0 saturated heterocycles. The van der Waals surface area contributed by atoms with E-state index >= 15 is 0 Å². The first-order chi connectivity index (χ1) is 6.99. The van der Waals surface area contributed by atoms with Gasteiger partial charge < -0.3 is 5.11 Å². The van der Waals surface area contributed by atoms with Crippen molar-refractivity contribution in [2.75, 3.05) is 10.1 Å². The first-order valence-electron chi connectivity index (χ1n) is 4.30. The zero-order valence-corrected chi connectivity index (χ0v) is 8.94. The van der Waals surface area contributed by atoms with Crippen LogP contribution in [-0.2, 0) is 10.0 Å². The molecule has 0 atom stereocenters. The van der Waals surface area contributed by atoms with Crippen LogP contribution in [-0.4, -0.2) is 25.4 Å². The van der Waals surface area contributed by atoms with Gasteiger partial charge in [-0.1, -0.05) is 18.2 Å². The fraction of sp³-hybridized carbons (Fsp3) is 0.222. The molecule has 1 N–H and O–H groups in total. The van der Waals surface area contributed by atoms with Crippen LogP contribution in [0.25, 0.3) is 0 Å². The molecule has 82 valence electrons. The number of hydrogen-bond acceptors (Lipinski definition) is 3. The van der Waals surface area contributed by atoms with Crippen molar-refractivity contribution < 1.29 is 18.3 Å². The van der Waals surface area contributed by atoms with E-state index in [1.165, 1.54) is 19.1 Å². The second kappa shape index (κ2) is 4.31. The van der Waals surface area contributed by atoms with Crippen molar-refractivity contribution in [2.24, 2.45) is 0 Å². The molecule has 0 unspecified atom stereocenters. The molecule has 0 spiro atoms. The summed E-state index contributed by atoms with van der Waals surface area (Å²) in [5.41, 5.74) is 0.131. The number of carboxylic acid groups (broad SMARTS) is 1. The Hall–Kier alpha value is -1.56. The Morgan fingerprint density at radius 1 is 1.33 bits per heavy atom. The molecular formula is C9H11NO4S. The molecule has 0 saturated carbocycles. The molecule has 15 heavy (non-hydrogen) atoms. The first kappa shape index (κ1) is 11.5. The van der Waals surface area contributed by atoms with Gasteiger partial charge in [0, 0.05) is 0 Å². The third-order valence-electron chi connectivity index (χ3n) is 1.81. The molecule has 0 bridgehead atoms. The maximum Gasteiger partial charge on any atom is 0.425 e. The number of para-hydroxylation sites is 1. The van der Waals surface area contributed by atoms with E-state index < -0.39 is 16.1 Å². The highest BCUT2D eigenvalue weighted by Gasteiger charge is 2.26. The Morgan fingerprint density at radius 2 is 1.87 bits per heavy atom. The van der Waals surface area contributed by atoms with Gasteiger partial charge in [0.25, 0.3) is 0 Å². The topological polar surface area (TPSA) is 74.7 Å². The van der Waals surface area contributed by atoms with Gasteiger partial charge in [-0.25, -0.2) is 13.2 Å². The maximum atomic E-state index is 11.5. The average Bonchev–Trinajstić information content (AvgIpc) is 2.18. The molecule has 0 aliphatic rings. The van der Waals surface area contributed by atoms with Crippen LogP contribution < -0.4 is 4.31 Å². The Labute approximate surface area is 88.0 Å². The fourth-order valence-electron chi connectivity index (χ4n) is 1.08. The number of nitrogens with zero attached hydrogens (tertiary/aromatic N) is 1. The predicted molar refractivity (Wildman–Crippen MR) is 56.4 cm³/mol. The predicted octanol–water partition coefficient (Wildman–Crippen LogP) is 1.52. The fourth-order valence-corrected chi connectivity index (χ4v) is 2.02. The van der Waals surface area contributed by atoms with Crippen molar-refractivity contribution in [3.05, 3.63) is 30.3 Å². The van der Waals surface area contributed by atoms with Crippen molar-refractivity contribution in [1.29, 1.82) is 0 Å². The summed E-state index contributed by atoms with van der Waals surface area (Å²) in [6.07, 6.45) is -1.50. The molecule has 0 aliphatic heterocycles. The minimum atomic E-state index is -3.78. The number of hydrogen-bond donors (Lipinski definition) is 1. The molecule has 1 amide bonds. The number of benzene rings is 1. The van der Waals surface area contributed by atoms with Gasteiger partial charge in [0.05, 0.1) is 11.4 Å². The van der Waals surface area contributed by atoms with Gasteiger partial charge in [-0.2, -0.15) is 4.31 Å². The highest BCUT2D eigenvalue weighted by atomic mass is 32.2. The lowest BCUT2D eigenvalue weighted by Crippen LogP contribution is -2.36. The number of rotatable bonds is 3. The summed E-state index contributed by atoms with van der Waals surface area (Å²) in [4.78, 5) is 10.9. The van der Waals surface area contributed by atoms with Crippen LogP contribution in [0.4, 0.5) is 10.5 Å². The zero-order valence-electron chi connectivity index (χ0n) is 8.12. The normalized spacial score (nSPS) is 11.0. The minimum absolute atomic E-state index is 0.131. The zero-order chi connectivity index (χ0) is 11.5. The van der Waals surface area contributed by atoms with Gasteiger partial charge in [0.15, 0.2) is 0 Å². The van der Waals surface area contributed by atoms with Gasteiger partial charge in [-0.05, 0) is 19.1 Å². The van der Waals surface area contributed by atoms with Crippen LogP contribution in [0.2, 0.25) is 0 Å². The maximum absolute atomic E-state index is 11.5. The number of carbonyl (C=O) groups is 1. The van der Waals surface area contributed by atoms with Gasteiger partial charge in [0.1, 0.15) is 0 Å². The lowest BCUT2D eigenvalue weighted by molar-refractivity contribution is 0.206. The molecular weight excluding hydrogens is 218 g/mol. The molecule has 0 aromatic heterocycles. The summed E-state index contributed by atoms with van der Waals surface area (Å²) in [5, 5.41) is 8.84. The van der Waals surface area contributed by atoms with Crippen LogP contribution in [0.3, 0.4) is 0 Å². The summed E-state index contributed by atoms with van der Waals surface area (Å²) in [6.45, 7) is 1.40. The largest absolute Gasteiger partial charge is 0.464 e. The first-order valence-corrected chi connectivity index (χ1v) is 5.91. The van der Waals surface area contributed by atoms with Crippen LogP contribution in [0.5, 0.6) is 0 Å². The van der Waals surface area contributed by atoms with E-state index in [2.05, 4.69) is 0 Å². The second-order valence-corrected chi connectivity index (χ2v) is 4.89. The third kappa shape index (κ3) is 2.47. The summed E-state index contributed by atoms with van der Waals surface area (Å²) in [6, 6.07) is 7.71. The van der Waals surface area contributed by atoms with Crippen LogP contribution in [0.15, 0.2) is 30.3 Å². The summed E-state index contributed by atoms with van der Waals surface area (Å²) in [5.74, 6) is -0.256. The van der Waals surface area contributed by atoms with Crippen LogP contribution >= 0.6 is 0 Å². The van der Waals surface area contributed by atoms with Crippen molar-refractivity contribution in [2.45, 2.75) is 6.92 Å². The molecule has 0 aliphatic carbocycles. The summed E-state index contributed by atoms with van der Waals surface area (Å²) in [7, 11) is -3.78. The molecule has 0 fully saturated rings. The molecule has 1 aromatic carbocycles. The summed E-state index contributed by atoms with van der Waals surface area (Å²) >= 11 is 0. The van der Waals surface area contributed by atoms with Crippen molar-refractivity contribution >= 4 is 21.8 Å². The van der Waals surface area contributed by atoms with Crippen LogP contribution in [0.1, 0.15) is 6.92 Å².